The molecule has 0 bridgehead atoms. The second kappa shape index (κ2) is 11.8. The van der Waals surface area contributed by atoms with E-state index in [1.165, 1.54) is 37.7 Å². The van der Waals surface area contributed by atoms with Crippen molar-refractivity contribution in [2.45, 2.75) is 52.6 Å². The van der Waals surface area contributed by atoms with Crippen LogP contribution in [0.1, 0.15) is 46.5 Å². The van der Waals surface area contributed by atoms with Crippen LogP contribution in [0.3, 0.4) is 0 Å². The Kier molecular flexibility index (Phi) is 12.1. The van der Waals surface area contributed by atoms with Crippen LogP contribution in [0.15, 0.2) is 0 Å². The average Bonchev–Trinajstić information content (AvgIpc) is 2.26. The largest absolute Gasteiger partial charge is 0.396 e. The lowest BCUT2D eigenvalue weighted by atomic mass is 10.4. The molecule has 0 aliphatic rings. The molecule has 98 valence electrons. The number of aliphatic hydroxyl groups excluding tert-OH is 1. The molecule has 0 aliphatic heterocycles. The van der Waals surface area contributed by atoms with Gasteiger partial charge in [0.05, 0.1) is 6.10 Å². The summed E-state index contributed by atoms with van der Waals surface area (Å²) >= 11 is 0. The molecular weight excluding hydrogens is 219 g/mol. The van der Waals surface area contributed by atoms with E-state index in [1.54, 1.807) is 0 Å². The molecule has 16 heavy (non-hydrogen) atoms. The highest BCUT2D eigenvalue weighted by molar-refractivity contribution is 7.57. The van der Waals surface area contributed by atoms with E-state index >= 15 is 0 Å². The monoisotopic (exact) mass is 248 g/mol. The molecule has 1 atom stereocenters. The van der Waals surface area contributed by atoms with Crippen LogP contribution < -0.4 is 0 Å². The molecule has 0 radical (unpaired) electrons. The van der Waals surface area contributed by atoms with Gasteiger partial charge in [-0.2, -0.15) is 0 Å². The van der Waals surface area contributed by atoms with E-state index < -0.39 is 0 Å². The summed E-state index contributed by atoms with van der Waals surface area (Å²) in [7, 11) is 0.157. The van der Waals surface area contributed by atoms with Crippen molar-refractivity contribution in [1.82, 2.24) is 0 Å². The van der Waals surface area contributed by atoms with Crippen molar-refractivity contribution in [3.8, 4) is 0 Å². The number of hydrogen-bond donors (Lipinski definition) is 1. The van der Waals surface area contributed by atoms with Crippen LogP contribution in [0.25, 0.3) is 0 Å². The Balaban J connectivity index is 3.56. The molecule has 0 spiro atoms. The highest BCUT2D eigenvalue weighted by atomic mass is 31.1. The van der Waals surface area contributed by atoms with Crippen molar-refractivity contribution in [3.63, 3.8) is 0 Å². The van der Waals surface area contributed by atoms with Gasteiger partial charge in [-0.3, -0.25) is 0 Å². The quantitative estimate of drug-likeness (QED) is 0.448. The Morgan fingerprint density at radius 2 is 1.69 bits per heavy atom. The van der Waals surface area contributed by atoms with Crippen LogP contribution in [-0.2, 0) is 4.74 Å². The Morgan fingerprint density at radius 1 is 1.06 bits per heavy atom. The van der Waals surface area contributed by atoms with E-state index in [1.807, 2.05) is 0 Å². The maximum atomic E-state index is 8.87. The first-order valence-electron chi connectivity index (χ1n) is 6.65. The summed E-state index contributed by atoms with van der Waals surface area (Å²) in [6, 6.07) is 0. The Bertz CT molecular complexity index is 132. The summed E-state index contributed by atoms with van der Waals surface area (Å²) in [6.07, 6.45) is 9.13. The lowest BCUT2D eigenvalue weighted by molar-refractivity contribution is 0.0798. The van der Waals surface area contributed by atoms with E-state index in [4.69, 9.17) is 9.84 Å². The third kappa shape index (κ3) is 10.9. The van der Waals surface area contributed by atoms with Gasteiger partial charge in [0.2, 0.25) is 0 Å². The topological polar surface area (TPSA) is 29.5 Å². The Morgan fingerprint density at radius 3 is 2.25 bits per heavy atom. The van der Waals surface area contributed by atoms with Crippen LogP contribution in [0.4, 0.5) is 0 Å². The second-order valence-electron chi connectivity index (χ2n) is 4.55. The van der Waals surface area contributed by atoms with Crippen LogP contribution in [0.5, 0.6) is 0 Å². The molecule has 1 N–H and O–H groups in total. The van der Waals surface area contributed by atoms with Crippen molar-refractivity contribution < 1.29 is 9.84 Å². The van der Waals surface area contributed by atoms with Gasteiger partial charge in [0.1, 0.15) is 0 Å². The SMILES string of the molecule is CCCCP(CCCO)CCCOC(C)C. The normalized spacial score (nSPS) is 13.3. The lowest BCUT2D eigenvalue weighted by Crippen LogP contribution is -2.06. The summed E-state index contributed by atoms with van der Waals surface area (Å²) < 4.78 is 5.56. The molecule has 0 aliphatic carbocycles. The fourth-order valence-electron chi connectivity index (χ4n) is 1.62. The molecule has 0 aromatic heterocycles. The third-order valence-corrected chi connectivity index (χ3v) is 5.38. The highest BCUT2D eigenvalue weighted by Gasteiger charge is 2.07. The third-order valence-electron chi connectivity index (χ3n) is 2.53. The minimum atomic E-state index is 0.157. The number of unbranched alkanes of at least 4 members (excludes halogenated alkanes) is 1. The highest BCUT2D eigenvalue weighted by Crippen LogP contribution is 2.37. The molecule has 0 heterocycles. The van der Waals surface area contributed by atoms with Gasteiger partial charge in [-0.1, -0.05) is 13.3 Å². The van der Waals surface area contributed by atoms with Crippen molar-refractivity contribution in [1.29, 1.82) is 0 Å². The minimum absolute atomic E-state index is 0.157. The summed E-state index contributed by atoms with van der Waals surface area (Å²) in [5.41, 5.74) is 0. The van der Waals surface area contributed by atoms with Crippen molar-refractivity contribution in [3.05, 3.63) is 0 Å². The first kappa shape index (κ1) is 16.4. The minimum Gasteiger partial charge on any atom is -0.396 e. The first-order valence-corrected chi connectivity index (χ1v) is 8.55. The van der Waals surface area contributed by atoms with Gasteiger partial charge in [0.15, 0.2) is 0 Å². The van der Waals surface area contributed by atoms with Gasteiger partial charge in [-0.15, -0.1) is 7.92 Å². The average molecular weight is 248 g/mol. The molecule has 0 rings (SSSR count). The second-order valence-corrected chi connectivity index (χ2v) is 7.23. The van der Waals surface area contributed by atoms with E-state index in [2.05, 4.69) is 20.8 Å². The van der Waals surface area contributed by atoms with Crippen molar-refractivity contribution in [2.75, 3.05) is 31.7 Å². The fourth-order valence-corrected chi connectivity index (χ4v) is 4.22. The Hall–Kier alpha value is 0.350. The molecule has 0 aromatic rings. The van der Waals surface area contributed by atoms with Gasteiger partial charge in [0, 0.05) is 13.2 Å². The van der Waals surface area contributed by atoms with Gasteiger partial charge < -0.3 is 9.84 Å². The molecular formula is C13H29O2P. The van der Waals surface area contributed by atoms with E-state index in [0.717, 1.165) is 13.0 Å². The van der Waals surface area contributed by atoms with Gasteiger partial charge in [-0.05, 0) is 51.6 Å². The van der Waals surface area contributed by atoms with Crippen LogP contribution in [0.2, 0.25) is 0 Å². The smallest absolute Gasteiger partial charge is 0.0518 e. The molecule has 0 aromatic carbocycles. The maximum absolute atomic E-state index is 8.87. The standard InChI is InChI=1S/C13H29O2P/c1-4-5-10-16(11-6-8-14)12-7-9-15-13(2)3/h13-14H,4-12H2,1-3H3. The first-order chi connectivity index (χ1) is 7.70. The summed E-state index contributed by atoms with van der Waals surface area (Å²) in [6.45, 7) is 7.69. The molecule has 0 fully saturated rings. The molecule has 3 heteroatoms. The Labute approximate surface area is 103 Å². The number of hydrogen-bond acceptors (Lipinski definition) is 2. The van der Waals surface area contributed by atoms with E-state index in [-0.39, 0.29) is 7.92 Å². The van der Waals surface area contributed by atoms with Crippen LogP contribution >= 0.6 is 7.92 Å². The van der Waals surface area contributed by atoms with Gasteiger partial charge >= 0.3 is 0 Å². The number of aliphatic hydroxyl groups is 1. The van der Waals surface area contributed by atoms with Crippen LogP contribution in [0, 0.1) is 0 Å². The fraction of sp³-hybridized carbons (Fsp3) is 1.00. The van der Waals surface area contributed by atoms with E-state index in [9.17, 15) is 0 Å². The summed E-state index contributed by atoms with van der Waals surface area (Å²) in [5.74, 6) is 0. The summed E-state index contributed by atoms with van der Waals surface area (Å²) in [4.78, 5) is 0. The zero-order valence-electron chi connectivity index (χ0n) is 11.2. The predicted octanol–water partition coefficient (Wildman–Crippen LogP) is 3.47. The lowest BCUT2D eigenvalue weighted by Gasteiger charge is -2.17. The number of ether oxygens (including phenoxy) is 1. The van der Waals surface area contributed by atoms with Gasteiger partial charge in [0.25, 0.3) is 0 Å². The molecule has 0 amide bonds. The summed E-state index contributed by atoms with van der Waals surface area (Å²) in [5, 5.41) is 8.87. The van der Waals surface area contributed by atoms with E-state index in [0.29, 0.717) is 12.7 Å². The van der Waals surface area contributed by atoms with Crippen LogP contribution in [-0.4, -0.2) is 42.9 Å². The number of rotatable bonds is 11. The van der Waals surface area contributed by atoms with Crippen molar-refractivity contribution >= 4 is 7.92 Å². The molecule has 0 saturated carbocycles. The molecule has 1 unspecified atom stereocenters. The maximum Gasteiger partial charge on any atom is 0.0518 e. The zero-order chi connectivity index (χ0) is 12.2. The zero-order valence-corrected chi connectivity index (χ0v) is 12.1. The van der Waals surface area contributed by atoms with Crippen molar-refractivity contribution in [2.24, 2.45) is 0 Å². The molecule has 0 saturated heterocycles. The predicted molar refractivity (Wildman–Crippen MR) is 73.8 cm³/mol. The molecule has 2 nitrogen and oxygen atoms in total. The van der Waals surface area contributed by atoms with Gasteiger partial charge in [-0.25, -0.2) is 0 Å².